The molecule has 0 aliphatic rings. The first-order valence-corrected chi connectivity index (χ1v) is 6.81. The van der Waals surface area contributed by atoms with Crippen LogP contribution >= 0.6 is 0 Å². The summed E-state index contributed by atoms with van der Waals surface area (Å²) in [6, 6.07) is 15.9. The maximum absolute atomic E-state index is 4.54. The Hall–Kier alpha value is -2.75. The topological polar surface area (TPSA) is 50.2 Å². The molecule has 4 nitrogen and oxygen atoms in total. The van der Waals surface area contributed by atoms with Crippen molar-refractivity contribution in [2.24, 2.45) is 5.10 Å². The largest absolute Gasteiger partial charge is 0.261 e. The fourth-order valence-corrected chi connectivity index (χ4v) is 2.21. The third kappa shape index (κ3) is 3.05. The summed E-state index contributed by atoms with van der Waals surface area (Å²) in [5, 5.41) is 5.36. The molecule has 0 atom stereocenters. The Labute approximate surface area is 123 Å². The number of rotatable bonds is 3. The highest BCUT2D eigenvalue weighted by Crippen LogP contribution is 2.19. The molecule has 0 amide bonds. The fraction of sp³-hybridized carbons (Fsp3) is 0.118. The lowest BCUT2D eigenvalue weighted by Crippen LogP contribution is -1.96. The molecule has 1 aromatic carbocycles. The summed E-state index contributed by atoms with van der Waals surface area (Å²) in [4.78, 5) is 8.90. The van der Waals surface area contributed by atoms with Gasteiger partial charge in [0.05, 0.1) is 17.4 Å². The number of nitrogens with one attached hydrogen (secondary N) is 1. The van der Waals surface area contributed by atoms with Crippen molar-refractivity contribution in [3.63, 3.8) is 0 Å². The van der Waals surface area contributed by atoms with Gasteiger partial charge in [-0.1, -0.05) is 24.3 Å². The van der Waals surface area contributed by atoms with Gasteiger partial charge in [0.25, 0.3) is 0 Å². The van der Waals surface area contributed by atoms with Gasteiger partial charge in [-0.25, -0.2) is 4.98 Å². The second kappa shape index (κ2) is 5.71. The van der Waals surface area contributed by atoms with Crippen molar-refractivity contribution in [2.45, 2.75) is 13.8 Å². The van der Waals surface area contributed by atoms with Crippen molar-refractivity contribution in [1.29, 1.82) is 0 Å². The van der Waals surface area contributed by atoms with E-state index in [4.69, 9.17) is 0 Å². The van der Waals surface area contributed by atoms with Crippen LogP contribution in [-0.4, -0.2) is 16.2 Å². The van der Waals surface area contributed by atoms with E-state index < -0.39 is 0 Å². The maximum Gasteiger partial charge on any atom is 0.147 e. The van der Waals surface area contributed by atoms with Gasteiger partial charge in [-0.15, -0.1) is 0 Å². The van der Waals surface area contributed by atoms with Crippen LogP contribution in [0.5, 0.6) is 0 Å². The zero-order chi connectivity index (χ0) is 14.7. The van der Waals surface area contributed by atoms with Gasteiger partial charge in [0.2, 0.25) is 0 Å². The van der Waals surface area contributed by atoms with E-state index in [0.717, 1.165) is 28.1 Å². The molecule has 104 valence electrons. The minimum Gasteiger partial charge on any atom is -0.261 e. The Morgan fingerprint density at radius 2 is 1.86 bits per heavy atom. The number of hydrazone groups is 1. The van der Waals surface area contributed by atoms with Gasteiger partial charge in [0.15, 0.2) is 0 Å². The highest BCUT2D eigenvalue weighted by atomic mass is 15.3. The Kier molecular flexibility index (Phi) is 3.60. The van der Waals surface area contributed by atoms with E-state index in [-0.39, 0.29) is 0 Å². The van der Waals surface area contributed by atoms with Gasteiger partial charge in [0.1, 0.15) is 5.82 Å². The number of aryl methyl sites for hydroxylation is 2. The summed E-state index contributed by atoms with van der Waals surface area (Å²) in [6.07, 6.45) is 1.69. The van der Waals surface area contributed by atoms with E-state index in [9.17, 15) is 0 Å². The molecule has 21 heavy (non-hydrogen) atoms. The summed E-state index contributed by atoms with van der Waals surface area (Å²) in [5.74, 6) is 0.732. The number of aromatic nitrogens is 2. The average molecular weight is 276 g/mol. The van der Waals surface area contributed by atoms with Gasteiger partial charge in [-0.2, -0.15) is 5.10 Å². The lowest BCUT2D eigenvalue weighted by Gasteiger charge is -2.05. The number of hydrogen-bond donors (Lipinski definition) is 1. The standard InChI is InChI=1S/C17H16N4/c1-12-10-17(20-16-9-4-3-8-15(12)16)21-18-11-14-7-5-6-13(2)19-14/h3-11H,1-2H3,(H,20,21)/b18-11-. The van der Waals surface area contributed by atoms with Crippen LogP contribution in [0.3, 0.4) is 0 Å². The van der Waals surface area contributed by atoms with Crippen LogP contribution in [0.1, 0.15) is 17.0 Å². The Morgan fingerprint density at radius 1 is 1.00 bits per heavy atom. The number of nitrogens with zero attached hydrogens (tertiary/aromatic N) is 3. The molecule has 0 fully saturated rings. The van der Waals surface area contributed by atoms with Crippen molar-refractivity contribution in [2.75, 3.05) is 5.43 Å². The van der Waals surface area contributed by atoms with Crippen LogP contribution in [0.4, 0.5) is 5.82 Å². The third-order valence-electron chi connectivity index (χ3n) is 3.21. The highest BCUT2D eigenvalue weighted by Gasteiger charge is 2.00. The SMILES string of the molecule is Cc1cccc(/C=N\Nc2cc(C)c3ccccc3n2)n1. The van der Waals surface area contributed by atoms with Crippen molar-refractivity contribution in [3.8, 4) is 0 Å². The maximum atomic E-state index is 4.54. The van der Waals surface area contributed by atoms with Gasteiger partial charge in [0, 0.05) is 11.1 Å². The van der Waals surface area contributed by atoms with Crippen LogP contribution in [0.25, 0.3) is 10.9 Å². The molecule has 0 saturated carbocycles. The van der Waals surface area contributed by atoms with Gasteiger partial charge in [-0.05, 0) is 43.7 Å². The molecule has 0 aliphatic heterocycles. The van der Waals surface area contributed by atoms with Crippen LogP contribution in [-0.2, 0) is 0 Å². The van der Waals surface area contributed by atoms with Crippen molar-refractivity contribution >= 4 is 22.9 Å². The number of fused-ring (bicyclic) bond motifs is 1. The second-order valence-corrected chi connectivity index (χ2v) is 4.92. The average Bonchev–Trinajstić information content (AvgIpc) is 2.47. The molecule has 0 unspecified atom stereocenters. The highest BCUT2D eigenvalue weighted by molar-refractivity contribution is 5.84. The molecular weight excluding hydrogens is 260 g/mol. The van der Waals surface area contributed by atoms with Crippen LogP contribution < -0.4 is 5.43 Å². The summed E-state index contributed by atoms with van der Waals surface area (Å²) in [5.41, 5.74) is 6.89. The van der Waals surface area contributed by atoms with E-state index in [1.54, 1.807) is 6.21 Å². The van der Waals surface area contributed by atoms with E-state index in [0.29, 0.717) is 0 Å². The zero-order valence-electron chi connectivity index (χ0n) is 12.0. The summed E-state index contributed by atoms with van der Waals surface area (Å²) in [6.45, 7) is 4.03. The predicted octanol–water partition coefficient (Wildman–Crippen LogP) is 3.69. The minimum atomic E-state index is 0.732. The molecule has 1 N–H and O–H groups in total. The van der Waals surface area contributed by atoms with Crippen LogP contribution in [0.2, 0.25) is 0 Å². The Bertz CT molecular complexity index is 809. The fourth-order valence-electron chi connectivity index (χ4n) is 2.21. The molecule has 0 bridgehead atoms. The molecule has 3 aromatic rings. The first-order chi connectivity index (χ1) is 10.2. The third-order valence-corrected chi connectivity index (χ3v) is 3.21. The molecule has 0 spiro atoms. The van der Waals surface area contributed by atoms with Gasteiger partial charge in [-0.3, -0.25) is 10.4 Å². The van der Waals surface area contributed by atoms with Gasteiger partial charge < -0.3 is 0 Å². The smallest absolute Gasteiger partial charge is 0.147 e. The van der Waals surface area contributed by atoms with E-state index >= 15 is 0 Å². The van der Waals surface area contributed by atoms with Gasteiger partial charge >= 0.3 is 0 Å². The number of hydrogen-bond acceptors (Lipinski definition) is 4. The first-order valence-electron chi connectivity index (χ1n) is 6.81. The lowest BCUT2D eigenvalue weighted by atomic mass is 10.1. The van der Waals surface area contributed by atoms with Crippen molar-refractivity contribution in [1.82, 2.24) is 9.97 Å². The van der Waals surface area contributed by atoms with Crippen molar-refractivity contribution in [3.05, 3.63) is 65.5 Å². The zero-order valence-corrected chi connectivity index (χ0v) is 12.0. The Morgan fingerprint density at radius 3 is 2.71 bits per heavy atom. The molecular formula is C17H16N4. The van der Waals surface area contributed by atoms with Crippen molar-refractivity contribution < 1.29 is 0 Å². The number of pyridine rings is 2. The molecule has 4 heteroatoms. The summed E-state index contributed by atoms with van der Waals surface area (Å²) in [7, 11) is 0. The number of anilines is 1. The molecule has 2 aromatic heterocycles. The normalized spacial score (nSPS) is 11.1. The number of benzene rings is 1. The van der Waals surface area contributed by atoms with E-state index in [1.165, 1.54) is 5.56 Å². The predicted molar refractivity (Wildman–Crippen MR) is 86.7 cm³/mol. The quantitative estimate of drug-likeness (QED) is 0.586. The second-order valence-electron chi connectivity index (χ2n) is 4.92. The molecule has 0 aliphatic carbocycles. The molecule has 0 radical (unpaired) electrons. The summed E-state index contributed by atoms with van der Waals surface area (Å²) < 4.78 is 0. The first kappa shape index (κ1) is 13.2. The molecule has 2 heterocycles. The molecule has 3 rings (SSSR count). The minimum absolute atomic E-state index is 0.732. The van der Waals surface area contributed by atoms with Crippen LogP contribution in [0, 0.1) is 13.8 Å². The summed E-state index contributed by atoms with van der Waals surface area (Å²) >= 11 is 0. The number of para-hydroxylation sites is 1. The van der Waals surface area contributed by atoms with Crippen LogP contribution in [0.15, 0.2) is 53.6 Å². The van der Waals surface area contributed by atoms with E-state index in [2.05, 4.69) is 33.5 Å². The molecule has 0 saturated heterocycles. The Balaban J connectivity index is 1.82. The lowest BCUT2D eigenvalue weighted by molar-refractivity contribution is 1.18. The van der Waals surface area contributed by atoms with E-state index in [1.807, 2.05) is 49.4 Å². The monoisotopic (exact) mass is 276 g/mol.